The second-order valence-corrected chi connectivity index (χ2v) is 3.91. The molecule has 0 unspecified atom stereocenters. The van der Waals surface area contributed by atoms with Gasteiger partial charge in [-0.1, -0.05) is 19.9 Å². The largest absolute Gasteiger partial charge is 0.275 e. The van der Waals surface area contributed by atoms with Crippen molar-refractivity contribution < 1.29 is 9.63 Å². The second-order valence-electron chi connectivity index (χ2n) is 3.91. The van der Waals surface area contributed by atoms with Crippen LogP contribution in [0.4, 0.5) is 0 Å². The van der Waals surface area contributed by atoms with Crippen molar-refractivity contribution in [2.75, 3.05) is 14.2 Å². The Morgan fingerprint density at radius 1 is 1.62 bits per heavy atom. The average Bonchev–Trinajstić information content (AvgIpc) is 2.01. The SMILES string of the molecule is C=CCC(C)(C)CC(=O)N(C)OC. The third-order valence-electron chi connectivity index (χ3n) is 1.95. The Bertz CT molecular complexity index is 187. The molecule has 76 valence electrons. The third-order valence-corrected chi connectivity index (χ3v) is 1.95. The molecule has 0 rings (SSSR count). The molecule has 0 spiro atoms. The summed E-state index contributed by atoms with van der Waals surface area (Å²) in [4.78, 5) is 16.2. The first kappa shape index (κ1) is 12.2. The van der Waals surface area contributed by atoms with Gasteiger partial charge in [-0.05, 0) is 11.8 Å². The molecule has 0 radical (unpaired) electrons. The number of hydrogen-bond acceptors (Lipinski definition) is 2. The van der Waals surface area contributed by atoms with E-state index in [0.29, 0.717) is 6.42 Å². The molecule has 0 fully saturated rings. The zero-order chi connectivity index (χ0) is 10.5. The summed E-state index contributed by atoms with van der Waals surface area (Å²) in [5.74, 6) is -0.00523. The number of carbonyl (C=O) groups excluding carboxylic acids is 1. The van der Waals surface area contributed by atoms with E-state index in [-0.39, 0.29) is 11.3 Å². The summed E-state index contributed by atoms with van der Waals surface area (Å²) < 4.78 is 0. The molecule has 0 aromatic carbocycles. The molecule has 0 aromatic rings. The van der Waals surface area contributed by atoms with E-state index in [1.807, 2.05) is 19.9 Å². The van der Waals surface area contributed by atoms with Gasteiger partial charge in [0.1, 0.15) is 0 Å². The first-order chi connectivity index (χ1) is 5.93. The molecule has 1 amide bonds. The van der Waals surface area contributed by atoms with Gasteiger partial charge in [-0.25, -0.2) is 5.06 Å². The van der Waals surface area contributed by atoms with Crippen molar-refractivity contribution >= 4 is 5.91 Å². The Morgan fingerprint density at radius 2 is 2.15 bits per heavy atom. The molecule has 0 aromatic heterocycles. The van der Waals surface area contributed by atoms with Gasteiger partial charge in [-0.2, -0.15) is 0 Å². The van der Waals surface area contributed by atoms with Gasteiger partial charge in [-0.15, -0.1) is 6.58 Å². The van der Waals surface area contributed by atoms with Crippen LogP contribution in [0.2, 0.25) is 0 Å². The molecule has 0 aliphatic rings. The minimum atomic E-state index is -0.0361. The van der Waals surface area contributed by atoms with Crippen molar-refractivity contribution in [3.63, 3.8) is 0 Å². The topological polar surface area (TPSA) is 29.5 Å². The van der Waals surface area contributed by atoms with Crippen molar-refractivity contribution in [1.29, 1.82) is 0 Å². The fourth-order valence-electron chi connectivity index (χ4n) is 1.09. The number of nitrogens with zero attached hydrogens (tertiary/aromatic N) is 1. The van der Waals surface area contributed by atoms with E-state index in [0.717, 1.165) is 6.42 Å². The lowest BCUT2D eigenvalue weighted by molar-refractivity contribution is -0.170. The van der Waals surface area contributed by atoms with E-state index >= 15 is 0 Å². The fourth-order valence-corrected chi connectivity index (χ4v) is 1.09. The molecule has 0 saturated heterocycles. The van der Waals surface area contributed by atoms with Crippen molar-refractivity contribution in [1.82, 2.24) is 5.06 Å². The number of hydrogen-bond donors (Lipinski definition) is 0. The fraction of sp³-hybridized carbons (Fsp3) is 0.700. The molecule has 0 bridgehead atoms. The number of allylic oxidation sites excluding steroid dienone is 1. The lowest BCUT2D eigenvalue weighted by Crippen LogP contribution is -2.29. The lowest BCUT2D eigenvalue weighted by atomic mass is 9.85. The highest BCUT2D eigenvalue weighted by Crippen LogP contribution is 2.25. The lowest BCUT2D eigenvalue weighted by Gasteiger charge is -2.24. The molecule has 0 atom stereocenters. The summed E-state index contributed by atoms with van der Waals surface area (Å²) in [6.07, 6.45) is 3.14. The number of rotatable bonds is 5. The Kier molecular flexibility index (Phi) is 4.70. The first-order valence-electron chi connectivity index (χ1n) is 4.34. The van der Waals surface area contributed by atoms with E-state index in [2.05, 4.69) is 6.58 Å². The van der Waals surface area contributed by atoms with Crippen LogP contribution in [0.5, 0.6) is 0 Å². The van der Waals surface area contributed by atoms with E-state index in [4.69, 9.17) is 4.84 Å². The minimum Gasteiger partial charge on any atom is -0.275 e. The maximum atomic E-state index is 11.4. The van der Waals surface area contributed by atoms with Gasteiger partial charge in [0.15, 0.2) is 0 Å². The summed E-state index contributed by atoms with van der Waals surface area (Å²) >= 11 is 0. The molecule has 0 aliphatic heterocycles. The highest BCUT2D eigenvalue weighted by Gasteiger charge is 2.22. The molecular weight excluding hydrogens is 166 g/mol. The van der Waals surface area contributed by atoms with Crippen molar-refractivity contribution in [2.45, 2.75) is 26.7 Å². The third kappa shape index (κ3) is 4.68. The minimum absolute atomic E-state index is 0.00523. The van der Waals surface area contributed by atoms with Crippen molar-refractivity contribution in [2.24, 2.45) is 5.41 Å². The van der Waals surface area contributed by atoms with Crippen LogP contribution in [-0.2, 0) is 9.63 Å². The Morgan fingerprint density at radius 3 is 2.54 bits per heavy atom. The van der Waals surface area contributed by atoms with Crippen LogP contribution in [0, 0.1) is 5.41 Å². The molecule has 0 heterocycles. The summed E-state index contributed by atoms with van der Waals surface area (Å²) in [5, 5.41) is 1.25. The molecule has 0 aliphatic carbocycles. The molecule has 13 heavy (non-hydrogen) atoms. The molecule has 0 N–H and O–H groups in total. The van der Waals surface area contributed by atoms with Gasteiger partial charge in [0.25, 0.3) is 0 Å². The highest BCUT2D eigenvalue weighted by atomic mass is 16.7. The number of amides is 1. The normalized spacial score (nSPS) is 11.1. The number of hydroxylamine groups is 2. The zero-order valence-corrected chi connectivity index (χ0v) is 8.96. The monoisotopic (exact) mass is 185 g/mol. The van der Waals surface area contributed by atoms with Gasteiger partial charge in [0.05, 0.1) is 7.11 Å². The van der Waals surface area contributed by atoms with Crippen LogP contribution in [-0.4, -0.2) is 25.1 Å². The highest BCUT2D eigenvalue weighted by molar-refractivity contribution is 5.75. The molecule has 3 heteroatoms. The maximum absolute atomic E-state index is 11.4. The van der Waals surface area contributed by atoms with Crippen molar-refractivity contribution in [3.05, 3.63) is 12.7 Å². The van der Waals surface area contributed by atoms with E-state index in [9.17, 15) is 4.79 Å². The van der Waals surface area contributed by atoms with Crippen LogP contribution in [0.1, 0.15) is 26.7 Å². The van der Waals surface area contributed by atoms with Gasteiger partial charge < -0.3 is 0 Å². The number of carbonyl (C=O) groups is 1. The van der Waals surface area contributed by atoms with E-state index < -0.39 is 0 Å². The van der Waals surface area contributed by atoms with Crippen LogP contribution in [0.25, 0.3) is 0 Å². The quantitative estimate of drug-likeness (QED) is 0.484. The predicted molar refractivity (Wildman–Crippen MR) is 53.0 cm³/mol. The summed E-state index contributed by atoms with van der Waals surface area (Å²) in [6.45, 7) is 7.74. The average molecular weight is 185 g/mol. The smallest absolute Gasteiger partial charge is 0.246 e. The van der Waals surface area contributed by atoms with Gasteiger partial charge in [-0.3, -0.25) is 9.63 Å². The second kappa shape index (κ2) is 5.02. The van der Waals surface area contributed by atoms with Gasteiger partial charge in [0.2, 0.25) is 5.91 Å². The Hall–Kier alpha value is -0.830. The van der Waals surface area contributed by atoms with Crippen LogP contribution in [0.3, 0.4) is 0 Å². The summed E-state index contributed by atoms with van der Waals surface area (Å²) in [6, 6.07) is 0. The summed E-state index contributed by atoms with van der Waals surface area (Å²) in [7, 11) is 3.10. The summed E-state index contributed by atoms with van der Waals surface area (Å²) in [5.41, 5.74) is -0.0361. The van der Waals surface area contributed by atoms with E-state index in [1.165, 1.54) is 12.2 Å². The first-order valence-corrected chi connectivity index (χ1v) is 4.34. The zero-order valence-electron chi connectivity index (χ0n) is 8.96. The van der Waals surface area contributed by atoms with Gasteiger partial charge >= 0.3 is 0 Å². The molecular formula is C10H19NO2. The van der Waals surface area contributed by atoms with E-state index in [1.54, 1.807) is 7.05 Å². The maximum Gasteiger partial charge on any atom is 0.246 e. The predicted octanol–water partition coefficient (Wildman–Crippen LogP) is 2.00. The molecule has 0 saturated carbocycles. The van der Waals surface area contributed by atoms with Crippen LogP contribution < -0.4 is 0 Å². The Labute approximate surface area is 80.3 Å². The standard InChI is InChI=1S/C10H19NO2/c1-6-7-10(2,3)8-9(12)11(4)13-5/h6H,1,7-8H2,2-5H3. The van der Waals surface area contributed by atoms with Gasteiger partial charge in [0, 0.05) is 13.5 Å². The molecule has 3 nitrogen and oxygen atoms in total. The van der Waals surface area contributed by atoms with Crippen molar-refractivity contribution in [3.8, 4) is 0 Å². The Balaban J connectivity index is 4.10. The van der Waals surface area contributed by atoms with Crippen LogP contribution >= 0.6 is 0 Å². The van der Waals surface area contributed by atoms with Crippen LogP contribution in [0.15, 0.2) is 12.7 Å².